The van der Waals surface area contributed by atoms with Crippen molar-refractivity contribution in [3.05, 3.63) is 59.9 Å². The van der Waals surface area contributed by atoms with E-state index in [2.05, 4.69) is 10.3 Å². The molecule has 0 spiro atoms. The lowest BCUT2D eigenvalue weighted by atomic mass is 10.2. The number of carbonyl (C=O) groups excluding carboxylic acids is 1. The number of nitrogens with one attached hydrogen (secondary N) is 1. The molecular formula is C16H16N2O3. The summed E-state index contributed by atoms with van der Waals surface area (Å²) in [6, 6.07) is 10.5. The molecule has 108 valence electrons. The molecule has 5 nitrogen and oxygen atoms in total. The Morgan fingerprint density at radius 3 is 2.90 bits per heavy atom. The van der Waals surface area contributed by atoms with Crippen LogP contribution in [0.5, 0.6) is 5.75 Å². The normalized spacial score (nSPS) is 10.6. The number of rotatable bonds is 5. The van der Waals surface area contributed by atoms with Gasteiger partial charge in [0.15, 0.2) is 0 Å². The van der Waals surface area contributed by atoms with E-state index in [-0.39, 0.29) is 12.5 Å². The van der Waals surface area contributed by atoms with Gasteiger partial charge in [-0.2, -0.15) is 0 Å². The third kappa shape index (κ3) is 4.15. The Kier molecular flexibility index (Phi) is 5.06. The average molecular weight is 284 g/mol. The minimum Gasteiger partial charge on any atom is -0.496 e. The fraction of sp³-hybridized carbons (Fsp3) is 0.125. The summed E-state index contributed by atoms with van der Waals surface area (Å²) in [5.74, 6) is 0.314. The number of hydrogen-bond acceptors (Lipinski definition) is 4. The lowest BCUT2D eigenvalue weighted by Crippen LogP contribution is -2.08. The minimum atomic E-state index is -0.269. The molecule has 0 unspecified atom stereocenters. The number of ether oxygens (including phenoxy) is 1. The van der Waals surface area contributed by atoms with Crippen molar-refractivity contribution in [1.82, 2.24) is 4.98 Å². The Bertz CT molecular complexity index is 639. The highest BCUT2D eigenvalue weighted by molar-refractivity contribution is 6.01. The van der Waals surface area contributed by atoms with Gasteiger partial charge >= 0.3 is 0 Å². The second kappa shape index (κ2) is 7.21. The molecule has 1 amide bonds. The van der Waals surface area contributed by atoms with Gasteiger partial charge in [0.1, 0.15) is 5.75 Å². The maximum atomic E-state index is 11.8. The zero-order valence-corrected chi connectivity index (χ0v) is 11.6. The molecule has 0 fully saturated rings. The number of benzene rings is 1. The molecule has 0 aliphatic rings. The van der Waals surface area contributed by atoms with Crippen molar-refractivity contribution in [2.45, 2.75) is 6.61 Å². The fourth-order valence-corrected chi connectivity index (χ4v) is 1.80. The molecule has 0 atom stereocenters. The Labute approximate surface area is 122 Å². The van der Waals surface area contributed by atoms with Crippen LogP contribution < -0.4 is 10.1 Å². The summed E-state index contributed by atoms with van der Waals surface area (Å²) in [5.41, 5.74) is 1.91. The van der Waals surface area contributed by atoms with Gasteiger partial charge in [0, 0.05) is 23.5 Å². The number of anilines is 1. The van der Waals surface area contributed by atoms with Crippen LogP contribution in [0.4, 0.5) is 5.69 Å². The highest BCUT2D eigenvalue weighted by Crippen LogP contribution is 2.22. The predicted octanol–water partition coefficient (Wildman–Crippen LogP) is 2.23. The summed E-state index contributed by atoms with van der Waals surface area (Å²) < 4.78 is 5.11. The van der Waals surface area contributed by atoms with Crippen LogP contribution in [0.3, 0.4) is 0 Å². The molecule has 2 aromatic rings. The second-order valence-electron chi connectivity index (χ2n) is 4.26. The molecule has 2 rings (SSSR count). The van der Waals surface area contributed by atoms with Gasteiger partial charge in [-0.1, -0.05) is 6.07 Å². The van der Waals surface area contributed by atoms with Crippen molar-refractivity contribution >= 4 is 17.7 Å². The largest absolute Gasteiger partial charge is 0.496 e. The van der Waals surface area contributed by atoms with E-state index in [1.165, 1.54) is 13.2 Å². The Morgan fingerprint density at radius 2 is 2.24 bits per heavy atom. The monoisotopic (exact) mass is 284 g/mol. The standard InChI is InChI=1S/C16H16N2O3/c1-21-15-7-5-14(10-12(15)11-19)18-16(20)8-6-13-4-2-3-9-17-13/h2-10,19H,11H2,1H3,(H,18,20)/b8-6+. The first-order valence-corrected chi connectivity index (χ1v) is 6.41. The lowest BCUT2D eigenvalue weighted by Gasteiger charge is -2.09. The molecule has 1 aromatic heterocycles. The number of aliphatic hydroxyl groups is 1. The van der Waals surface area contributed by atoms with Crippen LogP contribution in [0.1, 0.15) is 11.3 Å². The first kappa shape index (κ1) is 14.7. The maximum absolute atomic E-state index is 11.8. The average Bonchev–Trinajstić information content (AvgIpc) is 2.53. The molecule has 1 aromatic carbocycles. The number of carbonyl (C=O) groups is 1. The van der Waals surface area contributed by atoms with Gasteiger partial charge in [-0.25, -0.2) is 0 Å². The lowest BCUT2D eigenvalue weighted by molar-refractivity contribution is -0.111. The zero-order chi connectivity index (χ0) is 15.1. The molecule has 0 radical (unpaired) electrons. The van der Waals surface area contributed by atoms with Crippen LogP contribution in [0.15, 0.2) is 48.7 Å². The number of amides is 1. The summed E-state index contributed by atoms with van der Waals surface area (Å²) in [6.07, 6.45) is 4.70. The van der Waals surface area contributed by atoms with Crippen molar-refractivity contribution in [3.8, 4) is 5.75 Å². The van der Waals surface area contributed by atoms with Crippen molar-refractivity contribution in [3.63, 3.8) is 0 Å². The second-order valence-corrected chi connectivity index (χ2v) is 4.26. The minimum absolute atomic E-state index is 0.156. The van der Waals surface area contributed by atoms with E-state index in [1.54, 1.807) is 36.5 Å². The Balaban J connectivity index is 2.04. The first-order chi connectivity index (χ1) is 10.2. The molecule has 0 saturated carbocycles. The van der Waals surface area contributed by atoms with Crippen LogP contribution in [0.2, 0.25) is 0 Å². The number of aromatic nitrogens is 1. The fourth-order valence-electron chi connectivity index (χ4n) is 1.80. The number of methoxy groups -OCH3 is 1. The van der Waals surface area contributed by atoms with Gasteiger partial charge in [0.25, 0.3) is 0 Å². The number of pyridine rings is 1. The summed E-state index contributed by atoms with van der Waals surface area (Å²) in [5, 5.41) is 12.0. The van der Waals surface area contributed by atoms with E-state index in [9.17, 15) is 9.90 Å². The van der Waals surface area contributed by atoms with Crippen LogP contribution >= 0.6 is 0 Å². The van der Waals surface area contributed by atoms with E-state index in [0.29, 0.717) is 22.7 Å². The van der Waals surface area contributed by atoms with Crippen molar-refractivity contribution < 1.29 is 14.6 Å². The van der Waals surface area contributed by atoms with E-state index in [1.807, 2.05) is 12.1 Å². The van der Waals surface area contributed by atoms with Crippen LogP contribution in [-0.2, 0) is 11.4 Å². The molecule has 0 saturated heterocycles. The topological polar surface area (TPSA) is 71.5 Å². The van der Waals surface area contributed by atoms with E-state index in [4.69, 9.17) is 4.74 Å². The summed E-state index contributed by atoms with van der Waals surface area (Å²) >= 11 is 0. The van der Waals surface area contributed by atoms with Crippen molar-refractivity contribution in [2.75, 3.05) is 12.4 Å². The summed E-state index contributed by atoms with van der Waals surface area (Å²) in [7, 11) is 1.53. The van der Waals surface area contributed by atoms with E-state index >= 15 is 0 Å². The zero-order valence-electron chi connectivity index (χ0n) is 11.6. The molecule has 0 bridgehead atoms. The summed E-state index contributed by atoms with van der Waals surface area (Å²) in [6.45, 7) is -0.156. The molecule has 5 heteroatoms. The smallest absolute Gasteiger partial charge is 0.248 e. The molecular weight excluding hydrogens is 268 g/mol. The maximum Gasteiger partial charge on any atom is 0.248 e. The SMILES string of the molecule is COc1ccc(NC(=O)/C=C/c2ccccn2)cc1CO. The number of hydrogen-bond donors (Lipinski definition) is 2. The Hall–Kier alpha value is -2.66. The number of nitrogens with zero attached hydrogens (tertiary/aromatic N) is 1. The third-order valence-electron chi connectivity index (χ3n) is 2.81. The van der Waals surface area contributed by atoms with Crippen molar-refractivity contribution in [2.24, 2.45) is 0 Å². The van der Waals surface area contributed by atoms with Gasteiger partial charge < -0.3 is 15.2 Å². The van der Waals surface area contributed by atoms with Crippen LogP contribution in [0.25, 0.3) is 6.08 Å². The van der Waals surface area contributed by atoms with Crippen LogP contribution in [0, 0.1) is 0 Å². The molecule has 2 N–H and O–H groups in total. The van der Waals surface area contributed by atoms with Gasteiger partial charge in [0.05, 0.1) is 19.4 Å². The number of aliphatic hydroxyl groups excluding tert-OH is 1. The molecule has 21 heavy (non-hydrogen) atoms. The van der Waals surface area contributed by atoms with Gasteiger partial charge in [-0.3, -0.25) is 9.78 Å². The summed E-state index contributed by atoms with van der Waals surface area (Å²) in [4.78, 5) is 15.9. The predicted molar refractivity (Wildman–Crippen MR) is 80.8 cm³/mol. The van der Waals surface area contributed by atoms with E-state index < -0.39 is 0 Å². The highest BCUT2D eigenvalue weighted by Gasteiger charge is 2.04. The quantitative estimate of drug-likeness (QED) is 0.826. The molecule has 0 aliphatic heterocycles. The first-order valence-electron chi connectivity index (χ1n) is 6.41. The Morgan fingerprint density at radius 1 is 1.38 bits per heavy atom. The third-order valence-corrected chi connectivity index (χ3v) is 2.81. The molecule has 0 aliphatic carbocycles. The van der Waals surface area contributed by atoms with Crippen molar-refractivity contribution in [1.29, 1.82) is 0 Å². The van der Waals surface area contributed by atoms with Gasteiger partial charge in [-0.15, -0.1) is 0 Å². The molecule has 1 heterocycles. The van der Waals surface area contributed by atoms with Gasteiger partial charge in [0.2, 0.25) is 5.91 Å². The van der Waals surface area contributed by atoms with E-state index in [0.717, 1.165) is 0 Å². The van der Waals surface area contributed by atoms with Gasteiger partial charge in [-0.05, 0) is 36.4 Å². The highest BCUT2D eigenvalue weighted by atomic mass is 16.5. The van der Waals surface area contributed by atoms with Crippen LogP contribution in [-0.4, -0.2) is 23.1 Å².